The molecule has 1 N–H and O–H groups in total. The number of unbranched alkanes of at least 4 members (excludes halogenated alkanes) is 7. The van der Waals surface area contributed by atoms with E-state index in [0.29, 0.717) is 0 Å². The molecule has 0 fully saturated rings. The minimum absolute atomic E-state index is 0.283. The van der Waals surface area contributed by atoms with Crippen molar-refractivity contribution in [2.45, 2.75) is 194 Å². The zero-order chi connectivity index (χ0) is 31.6. The van der Waals surface area contributed by atoms with Gasteiger partial charge in [-0.1, -0.05) is 93.9 Å². The summed E-state index contributed by atoms with van der Waals surface area (Å²) in [7, 11) is -3.27. The van der Waals surface area contributed by atoms with Gasteiger partial charge in [0.25, 0.3) is 0 Å². The van der Waals surface area contributed by atoms with Crippen LogP contribution in [0.3, 0.4) is 0 Å². The van der Waals surface area contributed by atoms with Crippen LogP contribution in [0.1, 0.15) is 152 Å². The summed E-state index contributed by atoms with van der Waals surface area (Å²) < 4.78 is 12.7. The summed E-state index contributed by atoms with van der Waals surface area (Å²) in [6, 6.07) is 0. The Morgan fingerprint density at radius 1 is 0.512 bits per heavy atom. The van der Waals surface area contributed by atoms with Crippen LogP contribution in [0.2, 0.25) is 36.3 Å². The number of aliphatic hydroxyl groups is 1. The number of nitrogens with zero attached hydrogens (tertiary/aromatic N) is 1. The topological polar surface area (TPSA) is 41.9 Å². The lowest BCUT2D eigenvalue weighted by molar-refractivity contribution is 0.00655. The second-order valence-corrected chi connectivity index (χ2v) is 25.7. The van der Waals surface area contributed by atoms with E-state index in [1.165, 1.54) is 64.6 Å². The Morgan fingerprint density at radius 3 is 1.20 bits per heavy atom. The van der Waals surface area contributed by atoms with E-state index in [9.17, 15) is 5.11 Å². The van der Waals surface area contributed by atoms with Crippen molar-refractivity contribution >= 4 is 16.6 Å². The standard InChI is InChI=1S/C35H77NO3Si2/c1-13-28-36(29-14-2)30-22-21-27-35(37,25-19-15-17-23-31-38-40(9,10)33(3,4)5)26-20-16-18-24-32-39-41(11,12)34(6,7)8/h37H,13-32H2,1-12H3. The molecule has 6 heteroatoms. The van der Waals surface area contributed by atoms with E-state index in [0.717, 1.165) is 64.6 Å². The van der Waals surface area contributed by atoms with Gasteiger partial charge in [0.1, 0.15) is 0 Å². The third-order valence-corrected chi connectivity index (χ3v) is 19.1. The van der Waals surface area contributed by atoms with Crippen molar-refractivity contribution in [3.63, 3.8) is 0 Å². The molecule has 0 atom stereocenters. The van der Waals surface area contributed by atoms with Gasteiger partial charge in [0.15, 0.2) is 16.6 Å². The van der Waals surface area contributed by atoms with Crippen LogP contribution in [0.5, 0.6) is 0 Å². The van der Waals surface area contributed by atoms with Crippen molar-refractivity contribution in [1.82, 2.24) is 4.90 Å². The Bertz CT molecular complexity index is 594. The number of hydrogen-bond donors (Lipinski definition) is 1. The fourth-order valence-electron chi connectivity index (χ4n) is 5.04. The molecule has 0 aliphatic heterocycles. The van der Waals surface area contributed by atoms with Gasteiger partial charge in [0.2, 0.25) is 0 Å². The summed E-state index contributed by atoms with van der Waals surface area (Å²) in [5.74, 6) is 0. The number of hydrogen-bond acceptors (Lipinski definition) is 4. The first-order chi connectivity index (χ1) is 18.9. The molecule has 41 heavy (non-hydrogen) atoms. The largest absolute Gasteiger partial charge is 0.417 e. The SMILES string of the molecule is CCCN(CCC)CCCCC(O)(CCCCCCO[Si](C)(C)C(C)(C)C)CCCCCCO[Si](C)(C)C(C)(C)C. The Labute approximate surface area is 261 Å². The Morgan fingerprint density at radius 2 is 0.854 bits per heavy atom. The maximum absolute atomic E-state index is 11.7. The lowest BCUT2D eigenvalue weighted by atomic mass is 9.85. The molecule has 0 bridgehead atoms. The Kier molecular flexibility index (Phi) is 20.5. The molecule has 248 valence electrons. The molecule has 0 saturated heterocycles. The van der Waals surface area contributed by atoms with E-state index in [1.807, 2.05) is 0 Å². The molecule has 0 saturated carbocycles. The Balaban J connectivity index is 4.60. The lowest BCUT2D eigenvalue weighted by Crippen LogP contribution is -2.40. The molecule has 0 aromatic rings. The van der Waals surface area contributed by atoms with Crippen LogP contribution in [-0.4, -0.2) is 65.1 Å². The zero-order valence-corrected chi connectivity index (χ0v) is 32.4. The summed E-state index contributed by atoms with van der Waals surface area (Å²) in [4.78, 5) is 2.61. The van der Waals surface area contributed by atoms with Gasteiger partial charge in [-0.2, -0.15) is 0 Å². The molecule has 0 amide bonds. The minimum Gasteiger partial charge on any atom is -0.417 e. The van der Waals surface area contributed by atoms with Crippen LogP contribution >= 0.6 is 0 Å². The molecule has 0 heterocycles. The third kappa shape index (κ3) is 18.6. The van der Waals surface area contributed by atoms with E-state index >= 15 is 0 Å². The van der Waals surface area contributed by atoms with Crippen molar-refractivity contribution in [2.75, 3.05) is 32.8 Å². The van der Waals surface area contributed by atoms with Crippen molar-refractivity contribution in [2.24, 2.45) is 0 Å². The summed E-state index contributed by atoms with van der Waals surface area (Å²) in [5, 5.41) is 12.3. The summed E-state index contributed by atoms with van der Waals surface area (Å²) in [6.07, 6.45) is 17.1. The lowest BCUT2D eigenvalue weighted by Gasteiger charge is -2.36. The second kappa shape index (κ2) is 20.3. The van der Waals surface area contributed by atoms with E-state index in [1.54, 1.807) is 0 Å². The van der Waals surface area contributed by atoms with Gasteiger partial charge in [-0.05, 0) is 114 Å². The van der Waals surface area contributed by atoms with Gasteiger partial charge >= 0.3 is 0 Å². The van der Waals surface area contributed by atoms with Crippen molar-refractivity contribution < 1.29 is 14.0 Å². The van der Waals surface area contributed by atoms with E-state index in [2.05, 4.69) is 86.5 Å². The molecule has 0 spiro atoms. The fraction of sp³-hybridized carbons (Fsp3) is 1.00. The molecule has 0 aromatic carbocycles. The molecule has 0 rings (SSSR count). The first-order valence-corrected chi connectivity index (χ1v) is 23.4. The van der Waals surface area contributed by atoms with Crippen LogP contribution < -0.4 is 0 Å². The molecule has 4 nitrogen and oxygen atoms in total. The minimum atomic E-state index is -1.64. The first kappa shape index (κ1) is 41.3. The molecule has 0 unspecified atom stereocenters. The average Bonchev–Trinajstić information content (AvgIpc) is 2.84. The highest BCUT2D eigenvalue weighted by Crippen LogP contribution is 2.37. The predicted octanol–water partition coefficient (Wildman–Crippen LogP) is 11.0. The van der Waals surface area contributed by atoms with Crippen molar-refractivity contribution in [3.8, 4) is 0 Å². The van der Waals surface area contributed by atoms with Gasteiger partial charge in [-0.3, -0.25) is 0 Å². The smallest absolute Gasteiger partial charge is 0.191 e. The van der Waals surface area contributed by atoms with Crippen LogP contribution in [-0.2, 0) is 8.85 Å². The summed E-state index contributed by atoms with van der Waals surface area (Å²) in [5.41, 5.74) is -0.490. The molecular weight excluding hydrogens is 539 g/mol. The van der Waals surface area contributed by atoms with E-state index in [4.69, 9.17) is 8.85 Å². The van der Waals surface area contributed by atoms with Gasteiger partial charge in [0, 0.05) is 13.2 Å². The zero-order valence-electron chi connectivity index (χ0n) is 30.4. The van der Waals surface area contributed by atoms with Crippen LogP contribution in [0, 0.1) is 0 Å². The highest BCUT2D eigenvalue weighted by Gasteiger charge is 2.37. The highest BCUT2D eigenvalue weighted by atomic mass is 28.4. The molecule has 0 radical (unpaired) electrons. The molecule has 0 aromatic heterocycles. The predicted molar refractivity (Wildman–Crippen MR) is 188 cm³/mol. The highest BCUT2D eigenvalue weighted by molar-refractivity contribution is 6.74. The molecule has 0 aliphatic carbocycles. The molecular formula is C35H77NO3Si2. The van der Waals surface area contributed by atoms with Crippen LogP contribution in [0.15, 0.2) is 0 Å². The van der Waals surface area contributed by atoms with Crippen LogP contribution in [0.25, 0.3) is 0 Å². The second-order valence-electron chi connectivity index (χ2n) is 16.1. The number of rotatable bonds is 25. The summed E-state index contributed by atoms with van der Waals surface area (Å²) >= 11 is 0. The van der Waals surface area contributed by atoms with E-state index < -0.39 is 22.2 Å². The fourth-order valence-corrected chi connectivity index (χ4v) is 7.21. The van der Waals surface area contributed by atoms with Crippen molar-refractivity contribution in [1.29, 1.82) is 0 Å². The maximum Gasteiger partial charge on any atom is 0.191 e. The van der Waals surface area contributed by atoms with Gasteiger partial charge in [-0.15, -0.1) is 0 Å². The van der Waals surface area contributed by atoms with Gasteiger partial charge in [-0.25, -0.2) is 0 Å². The molecule has 0 aliphatic rings. The van der Waals surface area contributed by atoms with Crippen LogP contribution in [0.4, 0.5) is 0 Å². The monoisotopic (exact) mass is 616 g/mol. The summed E-state index contributed by atoms with van der Waals surface area (Å²) in [6.45, 7) is 33.2. The quantitative estimate of drug-likeness (QED) is 0.0819. The van der Waals surface area contributed by atoms with E-state index in [-0.39, 0.29) is 10.1 Å². The van der Waals surface area contributed by atoms with Gasteiger partial charge in [0.05, 0.1) is 5.60 Å². The van der Waals surface area contributed by atoms with Gasteiger partial charge < -0.3 is 18.9 Å². The normalized spacial score (nSPS) is 13.9. The average molecular weight is 616 g/mol. The Hall–Kier alpha value is 0.274. The van der Waals surface area contributed by atoms with Crippen molar-refractivity contribution in [3.05, 3.63) is 0 Å². The first-order valence-electron chi connectivity index (χ1n) is 17.6. The third-order valence-electron chi connectivity index (χ3n) is 10.1. The maximum atomic E-state index is 11.7.